The van der Waals surface area contributed by atoms with Gasteiger partial charge < -0.3 is 14.4 Å². The predicted molar refractivity (Wildman–Crippen MR) is 75.5 cm³/mol. The van der Waals surface area contributed by atoms with Crippen LogP contribution < -0.4 is 0 Å². The molecule has 0 saturated heterocycles. The Hall–Kier alpha value is -2.14. The predicted octanol–water partition coefficient (Wildman–Crippen LogP) is 2.42. The van der Waals surface area contributed by atoms with Crippen LogP contribution in [0.3, 0.4) is 0 Å². The standard InChI is InChI=1S/C16H17NO4/c1-3-20-16(19)12-8-10-6-4-5-7-11(10)14-13(15(12)18)9(2)21-17-14/h4-7,12,15,18H,3,8H2,1-2H3. The topological polar surface area (TPSA) is 72.6 Å². The smallest absolute Gasteiger partial charge is 0.312 e. The van der Waals surface area contributed by atoms with Crippen molar-refractivity contribution >= 4 is 5.97 Å². The Labute approximate surface area is 122 Å². The van der Waals surface area contributed by atoms with E-state index in [9.17, 15) is 9.90 Å². The summed E-state index contributed by atoms with van der Waals surface area (Å²) in [6.45, 7) is 3.79. The highest BCUT2D eigenvalue weighted by atomic mass is 16.5. The molecule has 21 heavy (non-hydrogen) atoms. The molecule has 0 bridgehead atoms. The van der Waals surface area contributed by atoms with Crippen molar-refractivity contribution in [1.82, 2.24) is 5.16 Å². The minimum absolute atomic E-state index is 0.291. The van der Waals surface area contributed by atoms with Crippen molar-refractivity contribution in [3.63, 3.8) is 0 Å². The van der Waals surface area contributed by atoms with Gasteiger partial charge in [0.05, 0.1) is 24.2 Å². The van der Waals surface area contributed by atoms with Crippen LogP contribution in [-0.4, -0.2) is 22.8 Å². The van der Waals surface area contributed by atoms with Gasteiger partial charge in [-0.2, -0.15) is 0 Å². The largest absolute Gasteiger partial charge is 0.466 e. The highest BCUT2D eigenvalue weighted by molar-refractivity contribution is 5.78. The highest BCUT2D eigenvalue weighted by Crippen LogP contribution is 2.41. The second-order valence-corrected chi connectivity index (χ2v) is 5.17. The van der Waals surface area contributed by atoms with E-state index in [1.165, 1.54) is 0 Å². The van der Waals surface area contributed by atoms with E-state index in [4.69, 9.17) is 9.26 Å². The molecule has 2 aromatic rings. The molecule has 1 N–H and O–H groups in total. The van der Waals surface area contributed by atoms with E-state index in [1.54, 1.807) is 13.8 Å². The van der Waals surface area contributed by atoms with Crippen LogP contribution in [0.1, 0.15) is 29.9 Å². The van der Waals surface area contributed by atoms with Crippen LogP contribution in [0.2, 0.25) is 0 Å². The molecule has 3 rings (SSSR count). The van der Waals surface area contributed by atoms with E-state index in [0.717, 1.165) is 11.1 Å². The average Bonchev–Trinajstić information content (AvgIpc) is 2.80. The molecular weight excluding hydrogens is 270 g/mol. The molecule has 0 radical (unpaired) electrons. The zero-order valence-electron chi connectivity index (χ0n) is 12.0. The summed E-state index contributed by atoms with van der Waals surface area (Å²) in [6, 6.07) is 7.68. The first kappa shape index (κ1) is 13.8. The molecule has 110 valence electrons. The van der Waals surface area contributed by atoms with Crippen LogP contribution >= 0.6 is 0 Å². The highest BCUT2D eigenvalue weighted by Gasteiger charge is 2.37. The molecule has 1 aromatic carbocycles. The Morgan fingerprint density at radius 2 is 2.24 bits per heavy atom. The summed E-state index contributed by atoms with van der Waals surface area (Å²) in [6.07, 6.45) is -0.552. The number of aliphatic hydroxyl groups is 1. The zero-order chi connectivity index (χ0) is 15.0. The first-order chi connectivity index (χ1) is 10.1. The number of esters is 1. The second-order valence-electron chi connectivity index (χ2n) is 5.17. The number of ether oxygens (including phenoxy) is 1. The lowest BCUT2D eigenvalue weighted by molar-refractivity contribution is -0.152. The molecule has 1 heterocycles. The number of aliphatic hydroxyl groups excluding tert-OH is 1. The zero-order valence-corrected chi connectivity index (χ0v) is 12.0. The van der Waals surface area contributed by atoms with E-state index in [-0.39, 0.29) is 0 Å². The van der Waals surface area contributed by atoms with Crippen molar-refractivity contribution in [3.05, 3.63) is 41.2 Å². The van der Waals surface area contributed by atoms with Gasteiger partial charge in [0, 0.05) is 5.56 Å². The number of hydrogen-bond acceptors (Lipinski definition) is 5. The normalized spacial score (nSPS) is 20.3. The Morgan fingerprint density at radius 3 is 3.00 bits per heavy atom. The van der Waals surface area contributed by atoms with Crippen LogP contribution in [0.15, 0.2) is 28.8 Å². The molecule has 2 unspecified atom stereocenters. The van der Waals surface area contributed by atoms with E-state index in [2.05, 4.69) is 5.16 Å². The molecule has 5 heteroatoms. The lowest BCUT2D eigenvalue weighted by Crippen LogP contribution is -2.26. The summed E-state index contributed by atoms with van der Waals surface area (Å²) >= 11 is 0. The Kier molecular flexibility index (Phi) is 3.51. The first-order valence-electron chi connectivity index (χ1n) is 7.02. The first-order valence-corrected chi connectivity index (χ1v) is 7.02. The summed E-state index contributed by atoms with van der Waals surface area (Å²) in [5.74, 6) is -0.512. The van der Waals surface area contributed by atoms with Crippen LogP contribution in [0, 0.1) is 12.8 Å². The maximum atomic E-state index is 12.2. The number of aryl methyl sites for hydroxylation is 1. The number of hydrogen-bond donors (Lipinski definition) is 1. The summed E-state index contributed by atoms with van der Waals surface area (Å²) in [5, 5.41) is 14.7. The number of carbonyl (C=O) groups is 1. The monoisotopic (exact) mass is 287 g/mol. The van der Waals surface area contributed by atoms with Crippen molar-refractivity contribution in [1.29, 1.82) is 0 Å². The molecule has 1 aromatic heterocycles. The van der Waals surface area contributed by atoms with Crippen LogP contribution in [0.4, 0.5) is 0 Å². The van der Waals surface area contributed by atoms with Crippen molar-refractivity contribution in [2.24, 2.45) is 5.92 Å². The van der Waals surface area contributed by atoms with Gasteiger partial charge in [-0.1, -0.05) is 29.4 Å². The Morgan fingerprint density at radius 1 is 1.48 bits per heavy atom. The Balaban J connectivity index is 2.15. The minimum atomic E-state index is -0.974. The third-order valence-corrected chi connectivity index (χ3v) is 3.89. The van der Waals surface area contributed by atoms with Crippen molar-refractivity contribution in [2.45, 2.75) is 26.4 Å². The summed E-state index contributed by atoms with van der Waals surface area (Å²) in [4.78, 5) is 12.2. The van der Waals surface area contributed by atoms with Gasteiger partial charge in [-0.3, -0.25) is 4.79 Å². The molecule has 2 atom stereocenters. The molecule has 0 spiro atoms. The van der Waals surface area contributed by atoms with Gasteiger partial charge in [-0.05, 0) is 25.8 Å². The number of carbonyl (C=O) groups excluding carboxylic acids is 1. The van der Waals surface area contributed by atoms with Crippen molar-refractivity contribution in [3.8, 4) is 11.3 Å². The number of nitrogens with zero attached hydrogens (tertiary/aromatic N) is 1. The molecule has 0 aliphatic heterocycles. The van der Waals surface area contributed by atoms with Crippen molar-refractivity contribution in [2.75, 3.05) is 6.61 Å². The molecule has 5 nitrogen and oxygen atoms in total. The summed E-state index contributed by atoms with van der Waals surface area (Å²) < 4.78 is 10.3. The van der Waals surface area contributed by atoms with Crippen LogP contribution in [-0.2, 0) is 16.0 Å². The lowest BCUT2D eigenvalue weighted by Gasteiger charge is -2.19. The van der Waals surface area contributed by atoms with Gasteiger partial charge in [0.25, 0.3) is 0 Å². The second kappa shape index (κ2) is 5.33. The van der Waals surface area contributed by atoms with E-state index in [0.29, 0.717) is 30.0 Å². The SMILES string of the molecule is CCOC(=O)C1Cc2ccccc2-c2noc(C)c2C1O. The molecule has 1 aliphatic rings. The van der Waals surface area contributed by atoms with E-state index >= 15 is 0 Å². The molecule has 0 amide bonds. The van der Waals surface area contributed by atoms with Gasteiger partial charge in [0.1, 0.15) is 11.5 Å². The van der Waals surface area contributed by atoms with E-state index < -0.39 is 18.0 Å². The average molecular weight is 287 g/mol. The fourth-order valence-electron chi connectivity index (χ4n) is 2.86. The van der Waals surface area contributed by atoms with Crippen LogP contribution in [0.5, 0.6) is 0 Å². The molecule has 0 fully saturated rings. The lowest BCUT2D eigenvalue weighted by atomic mass is 9.92. The number of aromatic nitrogens is 1. The number of rotatable bonds is 2. The third kappa shape index (κ3) is 2.23. The van der Waals surface area contributed by atoms with Gasteiger partial charge in [0.2, 0.25) is 0 Å². The minimum Gasteiger partial charge on any atom is -0.466 e. The fraction of sp³-hybridized carbons (Fsp3) is 0.375. The Bertz CT molecular complexity index is 677. The molecular formula is C16H17NO4. The van der Waals surface area contributed by atoms with Gasteiger partial charge in [0.15, 0.2) is 0 Å². The maximum absolute atomic E-state index is 12.2. The van der Waals surface area contributed by atoms with Gasteiger partial charge >= 0.3 is 5.97 Å². The summed E-state index contributed by atoms with van der Waals surface area (Å²) in [5.41, 5.74) is 3.05. The van der Waals surface area contributed by atoms with Gasteiger partial charge in [-0.15, -0.1) is 0 Å². The van der Waals surface area contributed by atoms with Crippen molar-refractivity contribution < 1.29 is 19.2 Å². The number of benzene rings is 1. The van der Waals surface area contributed by atoms with E-state index in [1.807, 2.05) is 24.3 Å². The number of fused-ring (bicyclic) bond motifs is 3. The quantitative estimate of drug-likeness (QED) is 0.859. The maximum Gasteiger partial charge on any atom is 0.312 e. The van der Waals surface area contributed by atoms with Crippen LogP contribution in [0.25, 0.3) is 11.3 Å². The van der Waals surface area contributed by atoms with Gasteiger partial charge in [-0.25, -0.2) is 0 Å². The third-order valence-electron chi connectivity index (χ3n) is 3.89. The molecule has 1 aliphatic carbocycles. The molecule has 0 saturated carbocycles. The summed E-state index contributed by atoms with van der Waals surface area (Å²) in [7, 11) is 0. The fourth-order valence-corrected chi connectivity index (χ4v) is 2.86.